The molecule has 7 heteroatoms. The van der Waals surface area contributed by atoms with Gasteiger partial charge in [-0.25, -0.2) is 8.42 Å². The fraction of sp³-hybridized carbons (Fsp3) is 0.231. The van der Waals surface area contributed by atoms with E-state index in [1.807, 2.05) is 24.3 Å². The molecule has 1 heterocycles. The lowest BCUT2D eigenvalue weighted by atomic mass is 10.1. The Bertz CT molecular complexity index is 738. The van der Waals surface area contributed by atoms with E-state index in [4.69, 9.17) is 0 Å². The number of sulfone groups is 1. The highest BCUT2D eigenvalue weighted by Crippen LogP contribution is 2.25. The van der Waals surface area contributed by atoms with Crippen LogP contribution in [-0.2, 0) is 16.4 Å². The highest BCUT2D eigenvalue weighted by Gasteiger charge is 2.13. The average Bonchev–Trinajstić information content (AvgIpc) is 2.79. The molecule has 0 atom stereocenters. The molecule has 0 bridgehead atoms. The molecule has 0 amide bonds. The molecule has 0 N–H and O–H groups in total. The zero-order valence-corrected chi connectivity index (χ0v) is 13.8. The first kappa shape index (κ1) is 15.2. The third-order valence-electron chi connectivity index (χ3n) is 2.74. The van der Waals surface area contributed by atoms with E-state index < -0.39 is 9.84 Å². The molecule has 0 aliphatic heterocycles. The van der Waals surface area contributed by atoms with E-state index in [-0.39, 0.29) is 12.3 Å². The van der Waals surface area contributed by atoms with Crippen LogP contribution >= 0.6 is 22.6 Å². The lowest BCUT2D eigenvalue weighted by molar-refractivity contribution is 0.112. The van der Waals surface area contributed by atoms with Crippen molar-refractivity contribution in [2.45, 2.75) is 6.54 Å². The third-order valence-corrected chi connectivity index (χ3v) is 4.60. The van der Waals surface area contributed by atoms with Crippen LogP contribution < -0.4 is 0 Å². The molecular weight excluding hydrogens is 391 g/mol. The number of carbonyl (C=O) groups excluding carboxylic acids is 1. The second-order valence-corrected chi connectivity index (χ2v) is 7.85. The first-order valence-electron chi connectivity index (χ1n) is 5.86. The summed E-state index contributed by atoms with van der Waals surface area (Å²) in [5.74, 6) is -0.00169. The molecule has 0 aliphatic rings. The van der Waals surface area contributed by atoms with Gasteiger partial charge in [0.05, 0.1) is 17.9 Å². The van der Waals surface area contributed by atoms with Crippen molar-refractivity contribution in [3.63, 3.8) is 0 Å². The predicted molar refractivity (Wildman–Crippen MR) is 85.5 cm³/mol. The molecule has 0 saturated carbocycles. The Kier molecular flexibility index (Phi) is 4.59. The molecule has 0 saturated heterocycles. The van der Waals surface area contributed by atoms with Crippen molar-refractivity contribution in [3.05, 3.63) is 39.6 Å². The van der Waals surface area contributed by atoms with E-state index >= 15 is 0 Å². The average molecular weight is 404 g/mol. The molecule has 1 aromatic heterocycles. The van der Waals surface area contributed by atoms with E-state index in [0.29, 0.717) is 11.3 Å². The summed E-state index contributed by atoms with van der Waals surface area (Å²) in [5.41, 5.74) is 1.91. The number of aromatic nitrogens is 2. The number of hydrogen-bond donors (Lipinski definition) is 0. The Balaban J connectivity index is 2.37. The van der Waals surface area contributed by atoms with Gasteiger partial charge < -0.3 is 0 Å². The van der Waals surface area contributed by atoms with Crippen LogP contribution in [0.3, 0.4) is 0 Å². The summed E-state index contributed by atoms with van der Waals surface area (Å²) in [6.07, 6.45) is 3.50. The smallest absolute Gasteiger partial charge is 0.153 e. The van der Waals surface area contributed by atoms with Gasteiger partial charge in [-0.1, -0.05) is 18.2 Å². The largest absolute Gasteiger partial charge is 0.298 e. The Morgan fingerprint density at radius 3 is 2.65 bits per heavy atom. The third kappa shape index (κ3) is 3.66. The second kappa shape index (κ2) is 6.04. The molecule has 106 valence electrons. The van der Waals surface area contributed by atoms with Crippen LogP contribution in [0, 0.1) is 3.57 Å². The summed E-state index contributed by atoms with van der Waals surface area (Å²) in [5, 5.41) is 4.33. The maximum Gasteiger partial charge on any atom is 0.153 e. The Morgan fingerprint density at radius 2 is 2.05 bits per heavy atom. The minimum Gasteiger partial charge on any atom is -0.298 e. The van der Waals surface area contributed by atoms with Gasteiger partial charge >= 0.3 is 0 Å². The summed E-state index contributed by atoms with van der Waals surface area (Å²) in [6, 6.07) is 7.60. The Morgan fingerprint density at radius 1 is 1.35 bits per heavy atom. The van der Waals surface area contributed by atoms with Gasteiger partial charge in [0.2, 0.25) is 0 Å². The fourth-order valence-corrected chi connectivity index (χ4v) is 2.92. The lowest BCUT2D eigenvalue weighted by Crippen LogP contribution is -2.11. The molecule has 5 nitrogen and oxygen atoms in total. The molecular formula is C13H13IN2O3S. The van der Waals surface area contributed by atoms with Gasteiger partial charge in [-0.15, -0.1) is 0 Å². The molecule has 2 aromatic rings. The number of rotatable bonds is 5. The van der Waals surface area contributed by atoms with Crippen molar-refractivity contribution in [3.8, 4) is 11.3 Å². The normalized spacial score (nSPS) is 11.5. The number of aryl methyl sites for hydroxylation is 1. The molecule has 1 aromatic carbocycles. The standard InChI is InChI=1S/C13H13IN2O3S/c1-20(18,19)7-6-16-8-10(9-17)13(15-16)11-4-2-3-5-12(11)14/h2-5,8-9H,6-7H2,1H3. The number of benzene rings is 1. The van der Waals surface area contributed by atoms with Crippen LogP contribution in [0.25, 0.3) is 11.3 Å². The van der Waals surface area contributed by atoms with E-state index in [0.717, 1.165) is 15.4 Å². The summed E-state index contributed by atoms with van der Waals surface area (Å²) in [6.45, 7) is 0.239. The van der Waals surface area contributed by atoms with Crippen LogP contribution in [0.2, 0.25) is 0 Å². The van der Waals surface area contributed by atoms with Gasteiger partial charge in [0, 0.05) is 21.6 Å². The maximum atomic E-state index is 11.2. The van der Waals surface area contributed by atoms with E-state index in [1.165, 1.54) is 10.9 Å². The van der Waals surface area contributed by atoms with E-state index in [1.54, 1.807) is 6.20 Å². The van der Waals surface area contributed by atoms with Crippen molar-refractivity contribution in [2.75, 3.05) is 12.0 Å². The monoisotopic (exact) mass is 404 g/mol. The minimum atomic E-state index is -3.06. The zero-order valence-electron chi connectivity index (χ0n) is 10.8. The van der Waals surface area contributed by atoms with Gasteiger partial charge in [0.25, 0.3) is 0 Å². The van der Waals surface area contributed by atoms with Crippen molar-refractivity contribution in [1.82, 2.24) is 9.78 Å². The molecule has 0 radical (unpaired) electrons. The van der Waals surface area contributed by atoms with Crippen LogP contribution in [0.15, 0.2) is 30.5 Å². The predicted octanol–water partition coefficient (Wildman–Crippen LogP) is 2.01. The summed E-state index contributed by atoms with van der Waals surface area (Å²) in [7, 11) is -3.06. The number of carbonyl (C=O) groups is 1. The van der Waals surface area contributed by atoms with Crippen molar-refractivity contribution < 1.29 is 13.2 Å². The number of aldehydes is 1. The molecule has 0 unspecified atom stereocenters. The highest BCUT2D eigenvalue weighted by molar-refractivity contribution is 14.1. The molecule has 0 fully saturated rings. The Hall–Kier alpha value is -1.22. The quantitative estimate of drug-likeness (QED) is 0.565. The topological polar surface area (TPSA) is 69.0 Å². The fourth-order valence-electron chi connectivity index (χ4n) is 1.76. The lowest BCUT2D eigenvalue weighted by Gasteiger charge is -2.02. The summed E-state index contributed by atoms with van der Waals surface area (Å²) in [4.78, 5) is 11.2. The number of hydrogen-bond acceptors (Lipinski definition) is 4. The van der Waals surface area contributed by atoms with Gasteiger partial charge in [-0.05, 0) is 28.7 Å². The van der Waals surface area contributed by atoms with Crippen LogP contribution in [0.4, 0.5) is 0 Å². The first-order valence-corrected chi connectivity index (χ1v) is 9.00. The van der Waals surface area contributed by atoms with Gasteiger partial charge in [0.1, 0.15) is 15.5 Å². The Labute approximate surface area is 131 Å². The van der Waals surface area contributed by atoms with Crippen LogP contribution in [0.5, 0.6) is 0 Å². The second-order valence-electron chi connectivity index (χ2n) is 4.42. The van der Waals surface area contributed by atoms with E-state index in [2.05, 4.69) is 27.7 Å². The van der Waals surface area contributed by atoms with Crippen LogP contribution in [0.1, 0.15) is 10.4 Å². The maximum absolute atomic E-state index is 11.2. The van der Waals surface area contributed by atoms with Gasteiger partial charge in [-0.2, -0.15) is 5.10 Å². The highest BCUT2D eigenvalue weighted by atomic mass is 127. The minimum absolute atomic E-state index is 0.00169. The molecule has 20 heavy (non-hydrogen) atoms. The van der Waals surface area contributed by atoms with Crippen LogP contribution in [-0.4, -0.2) is 36.5 Å². The molecule has 0 spiro atoms. The van der Waals surface area contributed by atoms with Crippen molar-refractivity contribution >= 4 is 38.7 Å². The van der Waals surface area contributed by atoms with E-state index in [9.17, 15) is 13.2 Å². The summed E-state index contributed by atoms with van der Waals surface area (Å²) < 4.78 is 24.8. The van der Waals surface area contributed by atoms with Gasteiger partial charge in [-0.3, -0.25) is 9.48 Å². The molecule has 2 rings (SSSR count). The van der Waals surface area contributed by atoms with Gasteiger partial charge in [0.15, 0.2) is 6.29 Å². The number of halogens is 1. The van der Waals surface area contributed by atoms with Crippen molar-refractivity contribution in [1.29, 1.82) is 0 Å². The van der Waals surface area contributed by atoms with Crippen molar-refractivity contribution in [2.24, 2.45) is 0 Å². The number of nitrogens with zero attached hydrogens (tertiary/aromatic N) is 2. The first-order chi connectivity index (χ1) is 9.40. The zero-order chi connectivity index (χ0) is 14.8. The summed E-state index contributed by atoms with van der Waals surface area (Å²) >= 11 is 2.18. The molecule has 0 aliphatic carbocycles. The SMILES string of the molecule is CS(=O)(=O)CCn1cc(C=O)c(-c2ccccc2I)n1.